The van der Waals surface area contributed by atoms with Crippen LogP contribution in [0.2, 0.25) is 0 Å². The van der Waals surface area contributed by atoms with Gasteiger partial charge in [-0.05, 0) is 35.4 Å². The van der Waals surface area contributed by atoms with Crippen molar-refractivity contribution < 1.29 is 0 Å². The van der Waals surface area contributed by atoms with Gasteiger partial charge in [0.25, 0.3) is 0 Å². The van der Waals surface area contributed by atoms with Crippen molar-refractivity contribution in [1.29, 1.82) is 0 Å². The third kappa shape index (κ3) is 2.25. The molecule has 0 aromatic heterocycles. The Bertz CT molecular complexity index is 500. The average Bonchev–Trinajstić information content (AvgIpc) is 3.23. The molecule has 0 heterocycles. The lowest BCUT2D eigenvalue weighted by Crippen LogP contribution is -2.11. The van der Waals surface area contributed by atoms with Gasteiger partial charge in [-0.25, -0.2) is 0 Å². The Morgan fingerprint density at radius 1 is 0.882 bits per heavy atom. The largest absolute Gasteiger partial charge is 0.320 e. The van der Waals surface area contributed by atoms with Gasteiger partial charge in [-0.2, -0.15) is 0 Å². The predicted molar refractivity (Wildman–Crippen MR) is 70.9 cm³/mol. The molecule has 1 unspecified atom stereocenters. The molecule has 0 aliphatic heterocycles. The molecule has 86 valence electrons. The van der Waals surface area contributed by atoms with Gasteiger partial charge in [-0.15, -0.1) is 0 Å². The Hall–Kier alpha value is -1.60. The molecular weight excluding hydrogens is 206 g/mol. The first-order chi connectivity index (χ1) is 8.34. The Labute approximate surface area is 102 Å². The summed E-state index contributed by atoms with van der Waals surface area (Å²) < 4.78 is 0. The van der Waals surface area contributed by atoms with E-state index in [1.54, 1.807) is 0 Å². The predicted octanol–water partition coefficient (Wildman–Crippen LogP) is 3.61. The summed E-state index contributed by atoms with van der Waals surface area (Å²) in [6, 6.07) is 19.0. The van der Waals surface area contributed by atoms with Crippen LogP contribution in [0.3, 0.4) is 0 Å². The standard InChI is InChI=1S/C16H17N/c17-16(13-5-2-1-3-6-13)15-8-4-7-14(11-15)12-9-10-12/h1-8,11-12,16H,9-10,17H2. The maximum atomic E-state index is 6.31. The van der Waals surface area contributed by atoms with E-state index in [0.717, 1.165) is 5.92 Å². The van der Waals surface area contributed by atoms with E-state index in [-0.39, 0.29) is 6.04 Å². The molecule has 0 bridgehead atoms. The molecule has 1 fully saturated rings. The number of nitrogens with two attached hydrogens (primary N) is 1. The van der Waals surface area contributed by atoms with E-state index in [2.05, 4.69) is 36.4 Å². The van der Waals surface area contributed by atoms with Gasteiger partial charge in [0, 0.05) is 0 Å². The van der Waals surface area contributed by atoms with Crippen LogP contribution in [-0.2, 0) is 0 Å². The summed E-state index contributed by atoms with van der Waals surface area (Å²) in [6.45, 7) is 0. The number of hydrogen-bond donors (Lipinski definition) is 1. The minimum absolute atomic E-state index is 0.00472. The molecule has 1 nitrogen and oxygen atoms in total. The van der Waals surface area contributed by atoms with Crippen molar-refractivity contribution in [2.75, 3.05) is 0 Å². The molecule has 1 aliphatic rings. The van der Waals surface area contributed by atoms with Crippen LogP contribution in [0.15, 0.2) is 54.6 Å². The average molecular weight is 223 g/mol. The number of hydrogen-bond acceptors (Lipinski definition) is 1. The summed E-state index contributed by atoms with van der Waals surface area (Å²) in [5.74, 6) is 0.790. The molecule has 17 heavy (non-hydrogen) atoms. The monoisotopic (exact) mass is 223 g/mol. The maximum absolute atomic E-state index is 6.31. The molecule has 1 aliphatic carbocycles. The van der Waals surface area contributed by atoms with Gasteiger partial charge in [0.1, 0.15) is 0 Å². The summed E-state index contributed by atoms with van der Waals surface area (Å²) in [6.07, 6.45) is 2.67. The Morgan fingerprint density at radius 2 is 1.59 bits per heavy atom. The first kappa shape index (κ1) is 10.5. The summed E-state index contributed by atoms with van der Waals surface area (Å²) in [5, 5.41) is 0. The highest BCUT2D eigenvalue weighted by Crippen LogP contribution is 2.40. The lowest BCUT2D eigenvalue weighted by Gasteiger charge is -2.13. The van der Waals surface area contributed by atoms with Crippen LogP contribution in [0.5, 0.6) is 0 Å². The minimum atomic E-state index is -0.00472. The van der Waals surface area contributed by atoms with Gasteiger partial charge < -0.3 is 5.73 Å². The number of benzene rings is 2. The van der Waals surface area contributed by atoms with E-state index in [4.69, 9.17) is 5.73 Å². The summed E-state index contributed by atoms with van der Waals surface area (Å²) in [5.41, 5.74) is 10.2. The van der Waals surface area contributed by atoms with Gasteiger partial charge in [0.15, 0.2) is 0 Å². The van der Waals surface area contributed by atoms with Crippen LogP contribution in [0, 0.1) is 0 Å². The molecule has 2 aromatic rings. The molecule has 0 saturated heterocycles. The van der Waals surface area contributed by atoms with Crippen LogP contribution in [0.4, 0.5) is 0 Å². The van der Waals surface area contributed by atoms with Crippen LogP contribution in [0.1, 0.15) is 41.5 Å². The SMILES string of the molecule is NC(c1ccccc1)c1cccc(C2CC2)c1. The lowest BCUT2D eigenvalue weighted by molar-refractivity contribution is 0.867. The summed E-state index contributed by atoms with van der Waals surface area (Å²) >= 11 is 0. The van der Waals surface area contributed by atoms with Crippen molar-refractivity contribution in [3.05, 3.63) is 71.3 Å². The Balaban J connectivity index is 1.90. The van der Waals surface area contributed by atoms with Crippen molar-refractivity contribution in [3.63, 3.8) is 0 Å². The van der Waals surface area contributed by atoms with E-state index in [1.807, 2.05) is 18.2 Å². The van der Waals surface area contributed by atoms with Crippen molar-refractivity contribution in [2.45, 2.75) is 24.8 Å². The quantitative estimate of drug-likeness (QED) is 0.845. The van der Waals surface area contributed by atoms with Crippen molar-refractivity contribution in [1.82, 2.24) is 0 Å². The molecule has 2 aromatic carbocycles. The van der Waals surface area contributed by atoms with Crippen molar-refractivity contribution >= 4 is 0 Å². The van der Waals surface area contributed by atoms with Crippen LogP contribution in [0.25, 0.3) is 0 Å². The van der Waals surface area contributed by atoms with E-state index >= 15 is 0 Å². The van der Waals surface area contributed by atoms with Gasteiger partial charge >= 0.3 is 0 Å². The molecule has 0 radical (unpaired) electrons. The summed E-state index contributed by atoms with van der Waals surface area (Å²) in [7, 11) is 0. The third-order valence-electron chi connectivity index (χ3n) is 3.48. The van der Waals surface area contributed by atoms with E-state index in [1.165, 1.54) is 29.5 Å². The highest BCUT2D eigenvalue weighted by molar-refractivity contribution is 5.36. The Morgan fingerprint density at radius 3 is 2.29 bits per heavy atom. The second kappa shape index (κ2) is 4.34. The summed E-state index contributed by atoms with van der Waals surface area (Å²) in [4.78, 5) is 0. The molecule has 1 saturated carbocycles. The van der Waals surface area contributed by atoms with Crippen LogP contribution < -0.4 is 5.73 Å². The molecule has 1 atom stereocenters. The second-order valence-electron chi connectivity index (χ2n) is 4.83. The minimum Gasteiger partial charge on any atom is -0.320 e. The number of rotatable bonds is 3. The zero-order chi connectivity index (χ0) is 11.7. The fourth-order valence-electron chi connectivity index (χ4n) is 2.28. The first-order valence-corrected chi connectivity index (χ1v) is 6.25. The van der Waals surface area contributed by atoms with Gasteiger partial charge in [0.05, 0.1) is 6.04 Å². The molecule has 0 amide bonds. The van der Waals surface area contributed by atoms with Gasteiger partial charge in [0.2, 0.25) is 0 Å². The first-order valence-electron chi connectivity index (χ1n) is 6.25. The van der Waals surface area contributed by atoms with Gasteiger partial charge in [-0.1, -0.05) is 54.6 Å². The Kier molecular flexibility index (Phi) is 2.69. The zero-order valence-electron chi connectivity index (χ0n) is 9.84. The highest BCUT2D eigenvalue weighted by Gasteiger charge is 2.23. The van der Waals surface area contributed by atoms with E-state index < -0.39 is 0 Å². The normalized spacial score (nSPS) is 16.8. The maximum Gasteiger partial charge on any atom is 0.0551 e. The third-order valence-corrected chi connectivity index (χ3v) is 3.48. The fourth-order valence-corrected chi connectivity index (χ4v) is 2.28. The van der Waals surface area contributed by atoms with E-state index in [0.29, 0.717) is 0 Å². The van der Waals surface area contributed by atoms with E-state index in [9.17, 15) is 0 Å². The molecule has 2 N–H and O–H groups in total. The second-order valence-corrected chi connectivity index (χ2v) is 4.83. The molecular formula is C16H17N. The fraction of sp³-hybridized carbons (Fsp3) is 0.250. The molecule has 3 rings (SSSR count). The lowest BCUT2D eigenvalue weighted by atomic mass is 9.97. The van der Waals surface area contributed by atoms with Crippen molar-refractivity contribution in [3.8, 4) is 0 Å². The topological polar surface area (TPSA) is 26.0 Å². The molecule has 1 heteroatoms. The molecule has 0 spiro atoms. The van der Waals surface area contributed by atoms with Crippen LogP contribution >= 0.6 is 0 Å². The zero-order valence-corrected chi connectivity index (χ0v) is 9.84. The smallest absolute Gasteiger partial charge is 0.0551 e. The van der Waals surface area contributed by atoms with Gasteiger partial charge in [-0.3, -0.25) is 0 Å². The van der Waals surface area contributed by atoms with Crippen molar-refractivity contribution in [2.24, 2.45) is 5.73 Å². The highest BCUT2D eigenvalue weighted by atomic mass is 14.6. The van der Waals surface area contributed by atoms with Crippen LogP contribution in [-0.4, -0.2) is 0 Å².